The van der Waals surface area contributed by atoms with Crippen LogP contribution in [0, 0.1) is 6.92 Å². The summed E-state index contributed by atoms with van der Waals surface area (Å²) in [5.74, 6) is 0. The molecule has 1 heterocycles. The molecule has 0 fully saturated rings. The second kappa shape index (κ2) is 5.61. The van der Waals surface area contributed by atoms with Gasteiger partial charge in [0.2, 0.25) is 0 Å². The van der Waals surface area contributed by atoms with Gasteiger partial charge in [0.15, 0.2) is 0 Å². The molecule has 3 heteroatoms. The van der Waals surface area contributed by atoms with E-state index in [1.165, 1.54) is 5.56 Å². The average molecular weight is 299 g/mol. The molecule has 0 atom stereocenters. The highest BCUT2D eigenvalue weighted by molar-refractivity contribution is 5.80. The van der Waals surface area contributed by atoms with Crippen molar-refractivity contribution in [2.24, 2.45) is 0 Å². The van der Waals surface area contributed by atoms with E-state index in [2.05, 4.69) is 58.2 Å². The molecule has 23 heavy (non-hydrogen) atoms. The Balaban J connectivity index is 1.83. The number of nitrogens with zero attached hydrogens (tertiary/aromatic N) is 2. The molecule has 3 aromatic carbocycles. The van der Waals surface area contributed by atoms with Crippen LogP contribution in [-0.4, -0.2) is 9.55 Å². The Morgan fingerprint density at radius 2 is 1.48 bits per heavy atom. The largest absolute Gasteiger partial charge is 0.354 e. The number of aromatic nitrogens is 2. The summed E-state index contributed by atoms with van der Waals surface area (Å²) in [6.07, 6.45) is 1.88. The summed E-state index contributed by atoms with van der Waals surface area (Å²) in [5.41, 5.74) is 6.58. The highest BCUT2D eigenvalue weighted by atomic mass is 15.1. The predicted molar refractivity (Wildman–Crippen MR) is 95.5 cm³/mol. The highest BCUT2D eigenvalue weighted by Crippen LogP contribution is 2.28. The quantitative estimate of drug-likeness (QED) is 0.572. The number of para-hydroxylation sites is 5. The number of nitrogens with one attached hydrogen (secondary N) is 1. The number of rotatable bonds is 3. The van der Waals surface area contributed by atoms with Gasteiger partial charge in [-0.3, -0.25) is 4.57 Å². The van der Waals surface area contributed by atoms with Crippen molar-refractivity contribution in [2.75, 3.05) is 5.32 Å². The van der Waals surface area contributed by atoms with Crippen molar-refractivity contribution in [3.05, 3.63) is 84.7 Å². The Kier molecular flexibility index (Phi) is 3.31. The molecule has 3 nitrogen and oxygen atoms in total. The summed E-state index contributed by atoms with van der Waals surface area (Å²) in [7, 11) is 0. The highest BCUT2D eigenvalue weighted by Gasteiger charge is 2.09. The van der Waals surface area contributed by atoms with E-state index in [1.807, 2.05) is 42.7 Å². The van der Waals surface area contributed by atoms with Gasteiger partial charge in [-0.15, -0.1) is 0 Å². The molecule has 0 amide bonds. The van der Waals surface area contributed by atoms with E-state index in [9.17, 15) is 0 Å². The minimum absolute atomic E-state index is 0.998. The smallest absolute Gasteiger partial charge is 0.100 e. The van der Waals surface area contributed by atoms with Crippen LogP contribution in [0.1, 0.15) is 5.56 Å². The number of aryl methyl sites for hydroxylation is 1. The van der Waals surface area contributed by atoms with Crippen molar-refractivity contribution in [1.82, 2.24) is 9.55 Å². The lowest BCUT2D eigenvalue weighted by Gasteiger charge is -2.14. The number of hydrogen-bond acceptors (Lipinski definition) is 2. The molecule has 0 aliphatic rings. The van der Waals surface area contributed by atoms with Gasteiger partial charge in [0, 0.05) is 5.69 Å². The maximum atomic E-state index is 4.50. The van der Waals surface area contributed by atoms with Crippen LogP contribution in [0.3, 0.4) is 0 Å². The third-order valence-corrected chi connectivity index (χ3v) is 4.03. The Hall–Kier alpha value is -3.07. The van der Waals surface area contributed by atoms with Crippen LogP contribution in [0.4, 0.5) is 11.4 Å². The molecule has 0 saturated carbocycles. The molecular formula is C20H17N3. The third kappa shape index (κ3) is 2.46. The molecule has 0 spiro atoms. The van der Waals surface area contributed by atoms with Gasteiger partial charge in [-0.1, -0.05) is 42.5 Å². The molecule has 0 aliphatic heterocycles. The zero-order valence-electron chi connectivity index (χ0n) is 12.9. The Morgan fingerprint density at radius 1 is 0.783 bits per heavy atom. The average Bonchev–Trinajstić information content (AvgIpc) is 3.01. The van der Waals surface area contributed by atoms with E-state index in [0.29, 0.717) is 0 Å². The van der Waals surface area contributed by atoms with Crippen LogP contribution in [0.5, 0.6) is 0 Å². The Bertz CT molecular complexity index is 969. The second-order valence-corrected chi connectivity index (χ2v) is 5.56. The fourth-order valence-electron chi connectivity index (χ4n) is 2.80. The van der Waals surface area contributed by atoms with E-state index in [4.69, 9.17) is 0 Å². The van der Waals surface area contributed by atoms with Crippen LogP contribution in [0.25, 0.3) is 16.7 Å². The number of fused-ring (bicyclic) bond motifs is 1. The van der Waals surface area contributed by atoms with Crippen molar-refractivity contribution in [3.63, 3.8) is 0 Å². The normalized spacial score (nSPS) is 10.8. The van der Waals surface area contributed by atoms with E-state index in [0.717, 1.165) is 28.1 Å². The number of hydrogen-bond donors (Lipinski definition) is 1. The van der Waals surface area contributed by atoms with Gasteiger partial charge in [0.1, 0.15) is 6.33 Å². The molecule has 0 saturated heterocycles. The summed E-state index contributed by atoms with van der Waals surface area (Å²) in [5, 5.41) is 3.55. The summed E-state index contributed by atoms with van der Waals surface area (Å²) in [6, 6.07) is 24.8. The Labute approximate surface area is 135 Å². The van der Waals surface area contributed by atoms with E-state index in [1.54, 1.807) is 0 Å². The summed E-state index contributed by atoms with van der Waals surface area (Å²) in [4.78, 5) is 4.50. The van der Waals surface area contributed by atoms with Crippen molar-refractivity contribution in [1.29, 1.82) is 0 Å². The first-order valence-electron chi connectivity index (χ1n) is 7.67. The monoisotopic (exact) mass is 299 g/mol. The summed E-state index contributed by atoms with van der Waals surface area (Å²) in [6.45, 7) is 2.11. The topological polar surface area (TPSA) is 29.9 Å². The van der Waals surface area contributed by atoms with Gasteiger partial charge in [-0.25, -0.2) is 4.98 Å². The molecule has 0 radical (unpaired) electrons. The fourth-order valence-corrected chi connectivity index (χ4v) is 2.80. The standard InChI is InChI=1S/C20H17N3/c1-15-8-2-3-9-16(15)22-18-11-5-7-13-20(18)23-14-21-17-10-4-6-12-19(17)23/h2-14,22H,1H3. The molecule has 0 bridgehead atoms. The third-order valence-electron chi connectivity index (χ3n) is 4.03. The molecule has 1 N–H and O–H groups in total. The second-order valence-electron chi connectivity index (χ2n) is 5.56. The zero-order chi connectivity index (χ0) is 15.6. The number of anilines is 2. The minimum Gasteiger partial charge on any atom is -0.354 e. The molecule has 4 aromatic rings. The first-order chi connectivity index (χ1) is 11.3. The lowest BCUT2D eigenvalue weighted by Crippen LogP contribution is -2.00. The first-order valence-corrected chi connectivity index (χ1v) is 7.67. The lowest BCUT2D eigenvalue weighted by molar-refractivity contribution is 1.09. The van der Waals surface area contributed by atoms with Crippen molar-refractivity contribution >= 4 is 22.4 Å². The van der Waals surface area contributed by atoms with E-state index < -0.39 is 0 Å². The molecular weight excluding hydrogens is 282 g/mol. The van der Waals surface area contributed by atoms with Gasteiger partial charge >= 0.3 is 0 Å². The number of benzene rings is 3. The van der Waals surface area contributed by atoms with Crippen molar-refractivity contribution in [2.45, 2.75) is 6.92 Å². The zero-order valence-corrected chi connectivity index (χ0v) is 12.9. The lowest BCUT2D eigenvalue weighted by atomic mass is 10.2. The van der Waals surface area contributed by atoms with Crippen LogP contribution >= 0.6 is 0 Å². The van der Waals surface area contributed by atoms with Crippen LogP contribution in [-0.2, 0) is 0 Å². The maximum absolute atomic E-state index is 4.50. The fraction of sp³-hybridized carbons (Fsp3) is 0.0500. The maximum Gasteiger partial charge on any atom is 0.100 e. The van der Waals surface area contributed by atoms with E-state index >= 15 is 0 Å². The minimum atomic E-state index is 0.998. The van der Waals surface area contributed by atoms with Crippen LogP contribution in [0.15, 0.2) is 79.1 Å². The van der Waals surface area contributed by atoms with Crippen LogP contribution < -0.4 is 5.32 Å². The van der Waals surface area contributed by atoms with Gasteiger partial charge in [-0.2, -0.15) is 0 Å². The predicted octanol–water partition coefficient (Wildman–Crippen LogP) is 5.08. The molecule has 0 unspecified atom stereocenters. The van der Waals surface area contributed by atoms with Gasteiger partial charge in [0.05, 0.1) is 22.4 Å². The molecule has 112 valence electrons. The molecule has 4 rings (SSSR count). The molecule has 1 aromatic heterocycles. The summed E-state index contributed by atoms with van der Waals surface area (Å²) < 4.78 is 2.12. The van der Waals surface area contributed by atoms with Gasteiger partial charge < -0.3 is 5.32 Å². The van der Waals surface area contributed by atoms with Crippen molar-refractivity contribution < 1.29 is 0 Å². The van der Waals surface area contributed by atoms with E-state index in [-0.39, 0.29) is 0 Å². The van der Waals surface area contributed by atoms with Gasteiger partial charge in [-0.05, 0) is 42.8 Å². The Morgan fingerprint density at radius 3 is 2.35 bits per heavy atom. The van der Waals surface area contributed by atoms with Crippen LogP contribution in [0.2, 0.25) is 0 Å². The first kappa shape index (κ1) is 13.6. The summed E-state index contributed by atoms with van der Waals surface area (Å²) >= 11 is 0. The number of imidazole rings is 1. The van der Waals surface area contributed by atoms with Crippen molar-refractivity contribution in [3.8, 4) is 5.69 Å². The van der Waals surface area contributed by atoms with Gasteiger partial charge in [0.25, 0.3) is 0 Å². The SMILES string of the molecule is Cc1ccccc1Nc1ccccc1-n1cnc2ccccc21. The molecule has 0 aliphatic carbocycles.